The van der Waals surface area contributed by atoms with E-state index in [1.165, 1.54) is 0 Å². The van der Waals surface area contributed by atoms with Gasteiger partial charge < -0.3 is 4.74 Å². The van der Waals surface area contributed by atoms with Gasteiger partial charge in [0.05, 0.1) is 7.11 Å². The molecule has 0 aromatic carbocycles. The van der Waals surface area contributed by atoms with Crippen LogP contribution in [-0.2, 0) is 4.74 Å². The van der Waals surface area contributed by atoms with Gasteiger partial charge in [-0.25, -0.2) is 0 Å². The highest BCUT2D eigenvalue weighted by molar-refractivity contribution is 5.86. The minimum atomic E-state index is 0.569. The molecule has 0 radical (unpaired) electrons. The predicted molar refractivity (Wildman–Crippen MR) is 30.6 cm³/mol. The molecule has 0 spiro atoms. The zero-order valence-corrected chi connectivity index (χ0v) is 4.64. The van der Waals surface area contributed by atoms with Gasteiger partial charge in [0.2, 0.25) is 5.90 Å². The van der Waals surface area contributed by atoms with E-state index in [1.807, 2.05) is 0 Å². The van der Waals surface area contributed by atoms with Gasteiger partial charge in [0.25, 0.3) is 0 Å². The van der Waals surface area contributed by atoms with E-state index in [4.69, 9.17) is 0 Å². The van der Waals surface area contributed by atoms with E-state index < -0.39 is 0 Å². The molecule has 0 heterocycles. The van der Waals surface area contributed by atoms with Gasteiger partial charge in [-0.1, -0.05) is 6.58 Å². The standard InChI is InChI=1S/C5H9NO/c1-4-5(6-2)7-3/h4H,1H2,2-3H3. The van der Waals surface area contributed by atoms with Crippen molar-refractivity contribution in [2.24, 2.45) is 4.99 Å². The Kier molecular flexibility index (Phi) is 3.02. The van der Waals surface area contributed by atoms with Crippen molar-refractivity contribution >= 4 is 5.90 Å². The van der Waals surface area contributed by atoms with Crippen molar-refractivity contribution in [1.82, 2.24) is 0 Å². The van der Waals surface area contributed by atoms with Gasteiger partial charge in [0.1, 0.15) is 0 Å². The summed E-state index contributed by atoms with van der Waals surface area (Å²) >= 11 is 0. The molecule has 40 valence electrons. The maximum Gasteiger partial charge on any atom is 0.207 e. The molecular formula is C5H9NO. The Hall–Kier alpha value is -0.790. The largest absolute Gasteiger partial charge is 0.481 e. The van der Waals surface area contributed by atoms with Gasteiger partial charge in [0, 0.05) is 7.05 Å². The van der Waals surface area contributed by atoms with Gasteiger partial charge in [0.15, 0.2) is 0 Å². The van der Waals surface area contributed by atoms with Gasteiger partial charge >= 0.3 is 0 Å². The summed E-state index contributed by atoms with van der Waals surface area (Å²) in [5.74, 6) is 0.569. The van der Waals surface area contributed by atoms with Crippen molar-refractivity contribution in [2.75, 3.05) is 14.2 Å². The van der Waals surface area contributed by atoms with E-state index in [1.54, 1.807) is 20.2 Å². The van der Waals surface area contributed by atoms with E-state index in [2.05, 4.69) is 16.3 Å². The second kappa shape index (κ2) is 3.40. The van der Waals surface area contributed by atoms with Crippen LogP contribution in [0.25, 0.3) is 0 Å². The summed E-state index contributed by atoms with van der Waals surface area (Å²) in [7, 11) is 3.21. The fourth-order valence-electron chi connectivity index (χ4n) is 0.266. The number of ether oxygens (including phenoxy) is 1. The molecule has 0 bridgehead atoms. The minimum Gasteiger partial charge on any atom is -0.481 e. The van der Waals surface area contributed by atoms with Crippen LogP contribution >= 0.6 is 0 Å². The first kappa shape index (κ1) is 6.21. The molecule has 0 N–H and O–H groups in total. The molecule has 0 rings (SSSR count). The lowest BCUT2D eigenvalue weighted by molar-refractivity contribution is 0.406. The van der Waals surface area contributed by atoms with Crippen molar-refractivity contribution < 1.29 is 4.74 Å². The topological polar surface area (TPSA) is 21.6 Å². The van der Waals surface area contributed by atoms with Crippen LogP contribution in [-0.4, -0.2) is 20.1 Å². The van der Waals surface area contributed by atoms with Crippen LogP contribution in [0.2, 0.25) is 0 Å². The molecule has 0 aromatic heterocycles. The van der Waals surface area contributed by atoms with Crippen molar-refractivity contribution in [3.05, 3.63) is 12.7 Å². The third-order valence-electron chi connectivity index (χ3n) is 0.604. The monoisotopic (exact) mass is 99.1 g/mol. The molecule has 0 amide bonds. The second-order valence-electron chi connectivity index (χ2n) is 0.970. The summed E-state index contributed by atoms with van der Waals surface area (Å²) in [6.07, 6.45) is 1.56. The van der Waals surface area contributed by atoms with Crippen LogP contribution < -0.4 is 0 Å². The fraction of sp³-hybridized carbons (Fsp3) is 0.400. The number of hydrogen-bond donors (Lipinski definition) is 0. The van der Waals surface area contributed by atoms with Crippen LogP contribution in [0.15, 0.2) is 17.6 Å². The summed E-state index contributed by atoms with van der Waals surface area (Å²) in [6.45, 7) is 3.45. The highest BCUT2D eigenvalue weighted by Gasteiger charge is 1.79. The summed E-state index contributed by atoms with van der Waals surface area (Å²) in [4.78, 5) is 3.70. The zero-order valence-electron chi connectivity index (χ0n) is 4.64. The Morgan fingerprint density at radius 2 is 2.43 bits per heavy atom. The van der Waals surface area contributed by atoms with Crippen LogP contribution in [0.4, 0.5) is 0 Å². The molecular weight excluding hydrogens is 90.1 g/mol. The van der Waals surface area contributed by atoms with Crippen molar-refractivity contribution in [2.45, 2.75) is 0 Å². The summed E-state index contributed by atoms with van der Waals surface area (Å²) < 4.78 is 4.68. The van der Waals surface area contributed by atoms with Gasteiger partial charge in [-0.15, -0.1) is 0 Å². The van der Waals surface area contributed by atoms with Gasteiger partial charge in [-0.05, 0) is 6.08 Å². The first-order valence-corrected chi connectivity index (χ1v) is 1.98. The Balaban J connectivity index is 3.60. The van der Waals surface area contributed by atoms with E-state index in [-0.39, 0.29) is 0 Å². The molecule has 7 heavy (non-hydrogen) atoms. The molecule has 0 saturated heterocycles. The third-order valence-corrected chi connectivity index (χ3v) is 0.604. The molecule has 0 fully saturated rings. The molecule has 0 aliphatic heterocycles. The van der Waals surface area contributed by atoms with Gasteiger partial charge in [-0.3, -0.25) is 4.99 Å². The first-order chi connectivity index (χ1) is 3.35. The lowest BCUT2D eigenvalue weighted by Crippen LogP contribution is -1.93. The lowest BCUT2D eigenvalue weighted by Gasteiger charge is -1.91. The Morgan fingerprint density at radius 3 is 2.43 bits per heavy atom. The Bertz CT molecular complexity index is 86.1. The zero-order chi connectivity index (χ0) is 5.70. The number of methoxy groups -OCH3 is 1. The molecule has 0 saturated carbocycles. The minimum absolute atomic E-state index is 0.569. The average Bonchev–Trinajstić information content (AvgIpc) is 1.72. The number of rotatable bonds is 1. The molecule has 0 aromatic rings. The Morgan fingerprint density at radius 1 is 1.86 bits per heavy atom. The van der Waals surface area contributed by atoms with Crippen LogP contribution in [0.1, 0.15) is 0 Å². The average molecular weight is 99.1 g/mol. The molecule has 2 nitrogen and oxygen atoms in total. The normalized spacial score (nSPS) is 10.9. The lowest BCUT2D eigenvalue weighted by atomic mass is 10.6. The second-order valence-corrected chi connectivity index (χ2v) is 0.970. The van der Waals surface area contributed by atoms with Crippen LogP contribution in [0.5, 0.6) is 0 Å². The maximum absolute atomic E-state index is 4.68. The van der Waals surface area contributed by atoms with E-state index in [0.717, 1.165) is 0 Å². The van der Waals surface area contributed by atoms with E-state index in [0.29, 0.717) is 5.90 Å². The summed E-state index contributed by atoms with van der Waals surface area (Å²) in [5.41, 5.74) is 0. The summed E-state index contributed by atoms with van der Waals surface area (Å²) in [6, 6.07) is 0. The predicted octanol–water partition coefficient (Wildman–Crippen LogP) is 0.847. The van der Waals surface area contributed by atoms with Crippen molar-refractivity contribution in [3.8, 4) is 0 Å². The van der Waals surface area contributed by atoms with Crippen molar-refractivity contribution in [3.63, 3.8) is 0 Å². The Labute approximate surface area is 43.5 Å². The number of aliphatic imine (C=N–C) groups is 1. The SMILES string of the molecule is C=CC(=NC)OC. The number of hydrogen-bond acceptors (Lipinski definition) is 2. The van der Waals surface area contributed by atoms with Crippen LogP contribution in [0, 0.1) is 0 Å². The van der Waals surface area contributed by atoms with Crippen LogP contribution in [0.3, 0.4) is 0 Å². The molecule has 0 aliphatic carbocycles. The van der Waals surface area contributed by atoms with Gasteiger partial charge in [-0.2, -0.15) is 0 Å². The summed E-state index contributed by atoms with van der Waals surface area (Å²) in [5, 5.41) is 0. The molecule has 0 unspecified atom stereocenters. The van der Waals surface area contributed by atoms with Crippen molar-refractivity contribution in [1.29, 1.82) is 0 Å². The quantitative estimate of drug-likeness (QED) is 0.352. The van der Waals surface area contributed by atoms with E-state index in [9.17, 15) is 0 Å². The smallest absolute Gasteiger partial charge is 0.207 e. The fourth-order valence-corrected chi connectivity index (χ4v) is 0.266. The molecule has 0 aliphatic rings. The third kappa shape index (κ3) is 1.98. The maximum atomic E-state index is 4.68. The number of nitrogens with zero attached hydrogens (tertiary/aromatic N) is 1. The van der Waals surface area contributed by atoms with E-state index >= 15 is 0 Å². The highest BCUT2D eigenvalue weighted by Crippen LogP contribution is 1.75. The highest BCUT2D eigenvalue weighted by atomic mass is 16.5. The molecule has 2 heteroatoms. The first-order valence-electron chi connectivity index (χ1n) is 1.98. The molecule has 0 atom stereocenters.